The van der Waals surface area contributed by atoms with Crippen LogP contribution >= 0.6 is 11.3 Å². The Hall–Kier alpha value is -10.8. The predicted octanol–water partition coefficient (Wildman–Crippen LogP) is -0.210. The van der Waals surface area contributed by atoms with Crippen LogP contribution in [-0.2, 0) is 28.8 Å². The first-order valence-corrected chi connectivity index (χ1v) is 24.0. The van der Waals surface area contributed by atoms with Crippen molar-refractivity contribution in [1.82, 2.24) is 72.8 Å². The van der Waals surface area contributed by atoms with Crippen LogP contribution in [0.4, 0.5) is 0 Å². The van der Waals surface area contributed by atoms with Crippen LogP contribution in [0.25, 0.3) is 39.1 Å². The molecule has 3 atom stereocenters. The number of primary amides is 1. The number of oxazole rings is 3. The number of fused-ring (bicyclic) bond motifs is 11. The quantitative estimate of drug-likeness (QED) is 0.0938. The molecule has 6 heterocycles. The van der Waals surface area contributed by atoms with Crippen molar-refractivity contribution in [2.45, 2.75) is 58.4 Å². The van der Waals surface area contributed by atoms with E-state index >= 15 is 0 Å². The monoisotopic (exact) mass is 1130 g/mol. The van der Waals surface area contributed by atoms with Crippen molar-refractivity contribution in [3.8, 4) is 22.0 Å². The second-order valence-electron chi connectivity index (χ2n) is 17.6. The van der Waals surface area contributed by atoms with Gasteiger partial charge in [-0.05, 0) is 46.8 Å². The Morgan fingerprint density at radius 2 is 1.33 bits per heavy atom. The maximum atomic E-state index is 13.8. The molecule has 6 rings (SSSR count). The number of nitrogens with zero attached hydrogens (tertiary/aromatic N) is 5. The van der Waals surface area contributed by atoms with Gasteiger partial charge in [0.05, 0.1) is 51.6 Å². The lowest BCUT2D eigenvalue weighted by Crippen LogP contribution is -2.58. The zero-order chi connectivity index (χ0) is 59.9. The summed E-state index contributed by atoms with van der Waals surface area (Å²) in [6.45, 7) is 27.7. The summed E-state index contributed by atoms with van der Waals surface area (Å²) in [5.74, 6) is -11.7. The maximum Gasteiger partial charge on any atom is 0.278 e. The van der Waals surface area contributed by atoms with Gasteiger partial charge in [-0.2, -0.15) is 0 Å². The number of amides is 10. The number of hydrogen-bond acceptors (Lipinski definition) is 21. The van der Waals surface area contributed by atoms with Gasteiger partial charge < -0.3 is 77.0 Å². The molecule has 5 aromatic rings. The number of carbonyl (C=O) groups excluding carboxylic acids is 10. The third kappa shape index (κ3) is 14.0. The average Bonchev–Trinajstić information content (AvgIpc) is 4.26. The van der Waals surface area contributed by atoms with E-state index in [1.54, 1.807) is 0 Å². The fraction of sp³-hybridized carbons (Fsp3) is 0.180. The molecule has 31 heteroatoms. The van der Waals surface area contributed by atoms with E-state index in [4.69, 9.17) is 19.0 Å². The van der Waals surface area contributed by atoms with Crippen LogP contribution in [0.1, 0.15) is 93.1 Å². The van der Waals surface area contributed by atoms with Crippen molar-refractivity contribution in [2.24, 2.45) is 5.73 Å². The number of allylic oxidation sites excluding steroid dienone is 1. The van der Waals surface area contributed by atoms with Crippen molar-refractivity contribution >= 4 is 87.5 Å². The van der Waals surface area contributed by atoms with Crippen LogP contribution in [0.3, 0.4) is 0 Å². The van der Waals surface area contributed by atoms with Gasteiger partial charge in [0, 0.05) is 10.9 Å². The Morgan fingerprint density at radius 1 is 0.716 bits per heavy atom. The van der Waals surface area contributed by atoms with E-state index in [9.17, 15) is 58.2 Å². The second kappa shape index (κ2) is 24.3. The number of hydrogen-bond donors (Lipinski definition) is 12. The predicted molar refractivity (Wildman–Crippen MR) is 282 cm³/mol. The number of nitrogens with one attached hydrogen (secondary N) is 9. The molecule has 0 saturated carbocycles. The molecule has 81 heavy (non-hydrogen) atoms. The van der Waals surface area contributed by atoms with Crippen molar-refractivity contribution in [3.63, 3.8) is 0 Å². The van der Waals surface area contributed by atoms with Gasteiger partial charge in [-0.3, -0.25) is 47.9 Å². The zero-order valence-electron chi connectivity index (χ0n) is 43.4. The normalized spacial score (nSPS) is 17.3. The number of aliphatic hydroxyl groups excluding tert-OH is 1. The number of rotatable bonds is 7. The summed E-state index contributed by atoms with van der Waals surface area (Å²) in [6, 6.07) is -0.900. The molecular formula is C50H49N15O15S. The zero-order valence-corrected chi connectivity index (χ0v) is 44.2. The number of aromatic nitrogens is 5. The van der Waals surface area contributed by atoms with E-state index in [-0.39, 0.29) is 68.0 Å². The van der Waals surface area contributed by atoms with Crippen molar-refractivity contribution in [1.29, 1.82) is 0 Å². The lowest BCUT2D eigenvalue weighted by atomic mass is 9.97. The molecule has 420 valence electrons. The van der Waals surface area contributed by atoms with Gasteiger partial charge in [-0.25, -0.2) is 24.9 Å². The van der Waals surface area contributed by atoms with Gasteiger partial charge in [-0.15, -0.1) is 11.3 Å². The minimum Gasteiger partial charge on any atom is -0.443 e. The average molecular weight is 1130 g/mol. The summed E-state index contributed by atoms with van der Waals surface area (Å²) in [4.78, 5) is 153. The summed E-state index contributed by atoms with van der Waals surface area (Å²) in [6.07, 6.45) is 1.68. The molecule has 0 aromatic carbocycles. The molecular weight excluding hydrogens is 1080 g/mol. The highest BCUT2D eigenvalue weighted by Crippen LogP contribution is 2.33. The summed E-state index contributed by atoms with van der Waals surface area (Å²) in [5.41, 5.74) is -1.59. The first-order valence-electron chi connectivity index (χ1n) is 23.1. The van der Waals surface area contributed by atoms with Crippen molar-refractivity contribution in [3.05, 3.63) is 145 Å². The highest BCUT2D eigenvalue weighted by atomic mass is 32.1. The SMILES string of the molecule is C=C(NC(=O)C(=C)NC(=O)c1ccc2c(n1)-c1coc(n1)C(=C)NC(=O)C(=C)NC(=O)c1nc(oc1C)C(=C)NC(=O)C(C(C)(C)O)NC(=O)C(=C)NC(=O)c1coc(n1)/C(=C/C)NC(=O)[C@@H]([C@@H](C)O)NC(=O)c1csc-2n1)C(N)=O. The minimum absolute atomic E-state index is 0.0591. The lowest BCUT2D eigenvalue weighted by Gasteiger charge is -2.29. The summed E-state index contributed by atoms with van der Waals surface area (Å²) in [7, 11) is 0. The molecule has 0 saturated heterocycles. The fourth-order valence-corrected chi connectivity index (χ4v) is 7.48. The highest BCUT2D eigenvalue weighted by molar-refractivity contribution is 7.13. The van der Waals surface area contributed by atoms with Crippen LogP contribution in [0.5, 0.6) is 0 Å². The molecule has 1 aliphatic rings. The second-order valence-corrected chi connectivity index (χ2v) is 18.4. The van der Waals surface area contributed by atoms with Gasteiger partial charge in [0.1, 0.15) is 58.2 Å². The third-order valence-electron chi connectivity index (χ3n) is 10.9. The van der Waals surface area contributed by atoms with E-state index in [2.05, 4.69) is 112 Å². The summed E-state index contributed by atoms with van der Waals surface area (Å²) < 4.78 is 16.6. The minimum atomic E-state index is -1.99. The smallest absolute Gasteiger partial charge is 0.278 e. The number of nitrogens with two attached hydrogens (primary N) is 1. The first-order chi connectivity index (χ1) is 38.0. The summed E-state index contributed by atoms with van der Waals surface area (Å²) in [5, 5.41) is 43.5. The molecule has 0 spiro atoms. The van der Waals surface area contributed by atoms with Crippen molar-refractivity contribution < 1.29 is 71.4 Å². The Morgan fingerprint density at radius 3 is 1.99 bits per heavy atom. The standard InChI is InChI=1S/C50H49N15O15S/c1-12-27-48-61-30(16-79-48)41(72)54-21(5)39(70)65-35(50(10,11)77)45(76)57-23(7)47-64-33(25(9)80-47)44(75)55-20(4)38(69)56-22(6)46-60-29(15-78-46)34-26(49-62-31(17-81-49)42(73)63-32(24(8)66)43(74)59-27)13-14-28(58-34)40(71)53-19(3)37(68)52-18(2)36(51)67/h12-17,24,32,35,66,77H,2-7H2,1,8-11H3,(H2,51,67)(H,52,68)(H,53,71)(H,54,72)(H,55,75)(H,56,69)(H,57,76)(H,59,74)(H,63,73)(H,65,70)/b27-12-/t24-,32-,35?/m1/s1. The molecule has 0 fully saturated rings. The van der Waals surface area contributed by atoms with E-state index in [0.717, 1.165) is 23.9 Å². The third-order valence-corrected chi connectivity index (χ3v) is 11.8. The van der Waals surface area contributed by atoms with Gasteiger partial charge in [0.15, 0.2) is 11.4 Å². The van der Waals surface area contributed by atoms with Crippen LogP contribution in [0.15, 0.2) is 112 Å². The van der Waals surface area contributed by atoms with Gasteiger partial charge >= 0.3 is 0 Å². The summed E-state index contributed by atoms with van der Waals surface area (Å²) >= 11 is 0.882. The van der Waals surface area contributed by atoms with Crippen LogP contribution < -0.4 is 53.6 Å². The van der Waals surface area contributed by atoms with Gasteiger partial charge in [-0.1, -0.05) is 45.5 Å². The van der Waals surface area contributed by atoms with Gasteiger partial charge in [0.25, 0.3) is 47.3 Å². The number of aryl methyl sites for hydroxylation is 1. The molecule has 1 aliphatic heterocycles. The number of thiazole rings is 1. The molecule has 0 aliphatic carbocycles. The molecule has 1 unspecified atom stereocenters. The van der Waals surface area contributed by atoms with E-state index in [1.807, 2.05) is 0 Å². The Labute approximate surface area is 460 Å². The maximum absolute atomic E-state index is 13.8. The topological polar surface area (TPSA) is 449 Å². The Balaban J connectivity index is 1.36. The van der Waals surface area contributed by atoms with Crippen molar-refractivity contribution in [2.75, 3.05) is 0 Å². The number of pyridine rings is 1. The molecule has 30 nitrogen and oxygen atoms in total. The molecule has 10 amide bonds. The molecule has 5 aromatic heterocycles. The van der Waals surface area contributed by atoms with Gasteiger partial charge in [0.2, 0.25) is 29.5 Å². The molecule has 13 N–H and O–H groups in total. The van der Waals surface area contributed by atoms with Crippen LogP contribution in [0, 0.1) is 6.92 Å². The van der Waals surface area contributed by atoms with E-state index in [0.29, 0.717) is 0 Å². The van der Waals surface area contributed by atoms with Crippen LogP contribution in [0.2, 0.25) is 0 Å². The Bertz CT molecular complexity index is 3610. The number of aliphatic hydroxyl groups is 2. The fourth-order valence-electron chi connectivity index (χ4n) is 6.66. The van der Waals surface area contributed by atoms with E-state index in [1.165, 1.54) is 58.2 Å². The highest BCUT2D eigenvalue weighted by Gasteiger charge is 2.37. The van der Waals surface area contributed by atoms with E-state index < -0.39 is 123 Å². The van der Waals surface area contributed by atoms with Crippen LogP contribution in [-0.4, -0.2) is 118 Å². The largest absolute Gasteiger partial charge is 0.443 e. The molecule has 0 radical (unpaired) electrons. The first kappa shape index (κ1) is 59.5. The Kier molecular flexibility index (Phi) is 17.8. The molecule has 8 bridgehead atoms. The number of carbonyl (C=O) groups is 10. The lowest BCUT2D eigenvalue weighted by molar-refractivity contribution is -0.132.